The lowest BCUT2D eigenvalue weighted by Gasteiger charge is -2.11. The Hall–Kier alpha value is -2.10. The van der Waals surface area contributed by atoms with Crippen molar-refractivity contribution >= 4 is 16.7 Å². The first kappa shape index (κ1) is 11.4. The summed E-state index contributed by atoms with van der Waals surface area (Å²) in [5, 5.41) is 1.83. The Balaban J connectivity index is 2.82. The van der Waals surface area contributed by atoms with E-state index >= 15 is 0 Å². The van der Waals surface area contributed by atoms with Gasteiger partial charge in [-0.05, 0) is 6.92 Å². The third kappa shape index (κ3) is 1.82. The van der Waals surface area contributed by atoms with Crippen LogP contribution in [0.2, 0.25) is 0 Å². The van der Waals surface area contributed by atoms with Gasteiger partial charge in [-0.15, -0.1) is 0 Å². The number of esters is 1. The van der Waals surface area contributed by atoms with Crippen LogP contribution in [0.5, 0.6) is 5.75 Å². The zero-order valence-corrected chi connectivity index (χ0v) is 9.98. The lowest BCUT2D eigenvalue weighted by atomic mass is 10.1. The number of pyridine rings is 1. The van der Waals surface area contributed by atoms with Gasteiger partial charge in [-0.3, -0.25) is 0 Å². The van der Waals surface area contributed by atoms with Crippen LogP contribution in [0.15, 0.2) is 24.3 Å². The molecule has 2 rings (SSSR count). The van der Waals surface area contributed by atoms with Crippen LogP contribution in [-0.2, 0) is 4.74 Å². The summed E-state index contributed by atoms with van der Waals surface area (Å²) in [6.07, 6.45) is 0. The minimum absolute atomic E-state index is 0.214. The van der Waals surface area contributed by atoms with Crippen molar-refractivity contribution in [2.45, 2.75) is 6.92 Å². The average molecular weight is 231 g/mol. The van der Waals surface area contributed by atoms with Crippen LogP contribution in [0, 0.1) is 6.92 Å². The molecular weight excluding hydrogens is 218 g/mol. The molecular formula is C13H13NO3. The van der Waals surface area contributed by atoms with Gasteiger partial charge in [0.15, 0.2) is 11.4 Å². The molecule has 4 nitrogen and oxygen atoms in total. The standard InChI is InChI=1S/C13H13NO3/c1-8-9-6-4-5-7-10(9)12(16-2)11(14-8)13(15)17-3/h4-7H,1-3H3. The lowest BCUT2D eigenvalue weighted by Crippen LogP contribution is -2.08. The highest BCUT2D eigenvalue weighted by atomic mass is 16.5. The number of hydrogen-bond acceptors (Lipinski definition) is 4. The van der Waals surface area contributed by atoms with Gasteiger partial charge in [0.2, 0.25) is 0 Å². The van der Waals surface area contributed by atoms with Crippen LogP contribution in [0.4, 0.5) is 0 Å². The van der Waals surface area contributed by atoms with Crippen molar-refractivity contribution in [2.24, 2.45) is 0 Å². The molecule has 0 N–H and O–H groups in total. The summed E-state index contributed by atoms with van der Waals surface area (Å²) in [4.78, 5) is 15.9. The molecule has 0 fully saturated rings. The van der Waals surface area contributed by atoms with Crippen molar-refractivity contribution in [1.29, 1.82) is 0 Å². The molecule has 0 amide bonds. The summed E-state index contributed by atoms with van der Waals surface area (Å²) in [5.74, 6) is -0.0336. The van der Waals surface area contributed by atoms with E-state index in [-0.39, 0.29) is 5.69 Å². The molecule has 0 aliphatic rings. The van der Waals surface area contributed by atoms with E-state index in [1.807, 2.05) is 31.2 Å². The largest absolute Gasteiger partial charge is 0.494 e. The molecule has 0 saturated heterocycles. The number of aryl methyl sites for hydroxylation is 1. The van der Waals surface area contributed by atoms with Crippen molar-refractivity contribution in [3.63, 3.8) is 0 Å². The van der Waals surface area contributed by atoms with Crippen molar-refractivity contribution < 1.29 is 14.3 Å². The number of ether oxygens (including phenoxy) is 2. The first-order chi connectivity index (χ1) is 8.19. The third-order valence-corrected chi connectivity index (χ3v) is 2.64. The summed E-state index contributed by atoms with van der Waals surface area (Å²) in [6.45, 7) is 1.86. The van der Waals surface area contributed by atoms with Gasteiger partial charge in [-0.2, -0.15) is 0 Å². The van der Waals surface area contributed by atoms with E-state index in [1.165, 1.54) is 14.2 Å². The molecule has 1 heterocycles. The van der Waals surface area contributed by atoms with Gasteiger partial charge in [-0.1, -0.05) is 24.3 Å². The third-order valence-electron chi connectivity index (χ3n) is 2.64. The smallest absolute Gasteiger partial charge is 0.360 e. The Kier molecular flexibility index (Phi) is 2.95. The maximum absolute atomic E-state index is 11.6. The van der Waals surface area contributed by atoms with Crippen molar-refractivity contribution in [3.05, 3.63) is 35.7 Å². The predicted molar refractivity (Wildman–Crippen MR) is 64.4 cm³/mol. The van der Waals surface area contributed by atoms with E-state index in [2.05, 4.69) is 4.98 Å². The van der Waals surface area contributed by atoms with E-state index in [9.17, 15) is 4.79 Å². The van der Waals surface area contributed by atoms with Crippen molar-refractivity contribution in [1.82, 2.24) is 4.98 Å². The zero-order valence-electron chi connectivity index (χ0n) is 9.98. The summed E-state index contributed by atoms with van der Waals surface area (Å²) < 4.78 is 9.97. The van der Waals surface area contributed by atoms with Crippen LogP contribution in [0.3, 0.4) is 0 Å². The first-order valence-corrected chi connectivity index (χ1v) is 5.20. The molecule has 0 unspecified atom stereocenters. The van der Waals surface area contributed by atoms with Crippen LogP contribution in [-0.4, -0.2) is 25.2 Å². The van der Waals surface area contributed by atoms with Crippen LogP contribution in [0.25, 0.3) is 10.8 Å². The molecule has 0 bridgehead atoms. The Bertz CT molecular complexity index is 578. The van der Waals surface area contributed by atoms with Gasteiger partial charge >= 0.3 is 5.97 Å². The fraction of sp³-hybridized carbons (Fsp3) is 0.231. The van der Waals surface area contributed by atoms with Gasteiger partial charge in [0.25, 0.3) is 0 Å². The molecule has 0 aliphatic carbocycles. The summed E-state index contributed by atoms with van der Waals surface area (Å²) >= 11 is 0. The fourth-order valence-corrected chi connectivity index (χ4v) is 1.84. The molecule has 17 heavy (non-hydrogen) atoms. The van der Waals surface area contributed by atoms with E-state index in [1.54, 1.807) is 0 Å². The molecule has 1 aromatic heterocycles. The Labute approximate surface area is 99.2 Å². The molecule has 4 heteroatoms. The summed E-state index contributed by atoms with van der Waals surface area (Å²) in [7, 11) is 2.85. The van der Waals surface area contributed by atoms with Crippen molar-refractivity contribution in [2.75, 3.05) is 14.2 Å². The SMILES string of the molecule is COC(=O)c1nc(C)c2ccccc2c1OC. The summed E-state index contributed by atoms with van der Waals surface area (Å²) in [6, 6.07) is 7.66. The van der Waals surface area contributed by atoms with E-state index in [4.69, 9.17) is 9.47 Å². The first-order valence-electron chi connectivity index (χ1n) is 5.20. The Morgan fingerprint density at radius 2 is 1.82 bits per heavy atom. The lowest BCUT2D eigenvalue weighted by molar-refractivity contribution is 0.0590. The molecule has 2 aromatic rings. The van der Waals surface area contributed by atoms with E-state index < -0.39 is 5.97 Å². The number of hydrogen-bond donors (Lipinski definition) is 0. The fourth-order valence-electron chi connectivity index (χ4n) is 1.84. The second-order valence-electron chi connectivity index (χ2n) is 3.62. The number of rotatable bonds is 2. The van der Waals surface area contributed by atoms with Gasteiger partial charge in [-0.25, -0.2) is 9.78 Å². The number of nitrogens with zero attached hydrogens (tertiary/aromatic N) is 1. The van der Waals surface area contributed by atoms with E-state index in [0.29, 0.717) is 5.75 Å². The number of carbonyl (C=O) groups is 1. The molecule has 0 saturated carbocycles. The molecule has 0 aliphatic heterocycles. The topological polar surface area (TPSA) is 48.4 Å². The number of methoxy groups -OCH3 is 2. The van der Waals surface area contributed by atoms with Gasteiger partial charge in [0, 0.05) is 16.5 Å². The monoisotopic (exact) mass is 231 g/mol. The van der Waals surface area contributed by atoms with Crippen LogP contribution in [0.1, 0.15) is 16.2 Å². The Morgan fingerprint density at radius 1 is 1.18 bits per heavy atom. The molecule has 1 aromatic carbocycles. The van der Waals surface area contributed by atoms with Gasteiger partial charge < -0.3 is 9.47 Å². The highest BCUT2D eigenvalue weighted by Gasteiger charge is 2.18. The van der Waals surface area contributed by atoms with Crippen LogP contribution >= 0.6 is 0 Å². The minimum Gasteiger partial charge on any atom is -0.494 e. The Morgan fingerprint density at radius 3 is 2.41 bits per heavy atom. The molecule has 0 atom stereocenters. The normalized spacial score (nSPS) is 10.3. The second kappa shape index (κ2) is 4.41. The maximum atomic E-state index is 11.6. The molecule has 88 valence electrons. The highest BCUT2D eigenvalue weighted by molar-refractivity contribution is 6.00. The van der Waals surface area contributed by atoms with Gasteiger partial charge in [0.1, 0.15) is 0 Å². The van der Waals surface area contributed by atoms with Crippen molar-refractivity contribution in [3.8, 4) is 5.75 Å². The highest BCUT2D eigenvalue weighted by Crippen LogP contribution is 2.30. The number of benzene rings is 1. The number of fused-ring (bicyclic) bond motifs is 1. The average Bonchev–Trinajstić information content (AvgIpc) is 2.38. The molecule has 0 radical (unpaired) electrons. The molecule has 0 spiro atoms. The summed E-state index contributed by atoms with van der Waals surface area (Å²) in [5.41, 5.74) is 0.994. The van der Waals surface area contributed by atoms with E-state index in [0.717, 1.165) is 16.5 Å². The van der Waals surface area contributed by atoms with Gasteiger partial charge in [0.05, 0.1) is 14.2 Å². The maximum Gasteiger partial charge on any atom is 0.360 e. The zero-order chi connectivity index (χ0) is 12.4. The quantitative estimate of drug-likeness (QED) is 0.744. The predicted octanol–water partition coefficient (Wildman–Crippen LogP) is 2.34. The number of aromatic nitrogens is 1. The van der Waals surface area contributed by atoms with Crippen LogP contribution < -0.4 is 4.74 Å². The minimum atomic E-state index is -0.490. The second-order valence-corrected chi connectivity index (χ2v) is 3.62. The number of carbonyl (C=O) groups excluding carboxylic acids is 1.